The van der Waals surface area contributed by atoms with E-state index in [9.17, 15) is 4.79 Å². The minimum atomic E-state index is -0.518. The molecule has 0 aromatic carbocycles. The van der Waals surface area contributed by atoms with Crippen molar-refractivity contribution < 1.29 is 19.0 Å². The first-order chi connectivity index (χ1) is 9.76. The number of hydrogen-bond donors (Lipinski definition) is 0. The molecule has 7 heteroatoms. The molecule has 1 aromatic rings. The van der Waals surface area contributed by atoms with Gasteiger partial charge in [0.15, 0.2) is 6.04 Å². The van der Waals surface area contributed by atoms with Crippen molar-refractivity contribution in [1.82, 2.24) is 9.97 Å². The third-order valence-corrected chi connectivity index (χ3v) is 2.93. The average molecular weight is 281 g/mol. The largest absolute Gasteiger partial charge is 0.478 e. The van der Waals surface area contributed by atoms with Crippen LogP contribution in [0.15, 0.2) is 12.3 Å². The highest BCUT2D eigenvalue weighted by molar-refractivity contribution is 5.79. The van der Waals surface area contributed by atoms with Crippen molar-refractivity contribution in [2.75, 3.05) is 38.4 Å². The van der Waals surface area contributed by atoms with Gasteiger partial charge in [-0.2, -0.15) is 4.98 Å². The molecular weight excluding hydrogens is 262 g/mol. The zero-order valence-electron chi connectivity index (χ0n) is 11.7. The van der Waals surface area contributed by atoms with Crippen LogP contribution in [0.25, 0.3) is 0 Å². The second-order valence-corrected chi connectivity index (χ2v) is 4.35. The van der Waals surface area contributed by atoms with Crippen molar-refractivity contribution in [2.45, 2.75) is 19.4 Å². The van der Waals surface area contributed by atoms with Crippen LogP contribution in [0.1, 0.15) is 13.3 Å². The van der Waals surface area contributed by atoms with Gasteiger partial charge < -0.3 is 19.1 Å². The molecule has 1 aromatic heterocycles. The van der Waals surface area contributed by atoms with E-state index in [-0.39, 0.29) is 12.6 Å². The van der Waals surface area contributed by atoms with E-state index in [0.29, 0.717) is 31.6 Å². The third kappa shape index (κ3) is 3.36. The fourth-order valence-electron chi connectivity index (χ4n) is 1.93. The van der Waals surface area contributed by atoms with Gasteiger partial charge >= 0.3 is 5.97 Å². The molecule has 7 nitrogen and oxygen atoms in total. The molecule has 1 aliphatic heterocycles. The standard InChI is InChI=1S/C13H19N3O4/c1-3-7-20-11-4-5-14-13(15-11)16-6-8-19-9-10(16)12(17)18-2/h4-5,10H,3,6-9H2,1-2H3. The van der Waals surface area contributed by atoms with Crippen molar-refractivity contribution in [3.63, 3.8) is 0 Å². The first-order valence-corrected chi connectivity index (χ1v) is 6.64. The van der Waals surface area contributed by atoms with Crippen molar-refractivity contribution in [3.8, 4) is 5.88 Å². The maximum Gasteiger partial charge on any atom is 0.331 e. The van der Waals surface area contributed by atoms with Crippen LogP contribution in [0.4, 0.5) is 5.95 Å². The average Bonchev–Trinajstić information content (AvgIpc) is 2.52. The highest BCUT2D eigenvalue weighted by Crippen LogP contribution is 2.18. The van der Waals surface area contributed by atoms with E-state index >= 15 is 0 Å². The van der Waals surface area contributed by atoms with Gasteiger partial charge in [-0.1, -0.05) is 6.92 Å². The summed E-state index contributed by atoms with van der Waals surface area (Å²) >= 11 is 0. The molecule has 2 rings (SSSR count). The Balaban J connectivity index is 2.16. The maximum atomic E-state index is 11.8. The quantitative estimate of drug-likeness (QED) is 0.733. The number of anilines is 1. The van der Waals surface area contributed by atoms with E-state index in [1.807, 2.05) is 6.92 Å². The van der Waals surface area contributed by atoms with Crippen LogP contribution in [0.2, 0.25) is 0 Å². The van der Waals surface area contributed by atoms with Crippen molar-refractivity contribution in [2.24, 2.45) is 0 Å². The smallest absolute Gasteiger partial charge is 0.331 e. The summed E-state index contributed by atoms with van der Waals surface area (Å²) in [6.45, 7) is 3.96. The van der Waals surface area contributed by atoms with Gasteiger partial charge in [0.1, 0.15) is 0 Å². The molecule has 2 heterocycles. The van der Waals surface area contributed by atoms with Gasteiger partial charge in [-0.15, -0.1) is 0 Å². The molecule has 20 heavy (non-hydrogen) atoms. The van der Waals surface area contributed by atoms with Crippen LogP contribution in [0.3, 0.4) is 0 Å². The Kier molecular flexibility index (Phi) is 5.11. The van der Waals surface area contributed by atoms with Crippen LogP contribution in [-0.4, -0.2) is 55.5 Å². The van der Waals surface area contributed by atoms with E-state index in [1.54, 1.807) is 17.2 Å². The summed E-state index contributed by atoms with van der Waals surface area (Å²) in [5.74, 6) is 0.609. The summed E-state index contributed by atoms with van der Waals surface area (Å²) < 4.78 is 15.6. The van der Waals surface area contributed by atoms with Crippen LogP contribution in [0, 0.1) is 0 Å². The minimum absolute atomic E-state index is 0.274. The van der Waals surface area contributed by atoms with Gasteiger partial charge in [-0.3, -0.25) is 0 Å². The topological polar surface area (TPSA) is 73.8 Å². The monoisotopic (exact) mass is 281 g/mol. The molecule has 0 saturated carbocycles. The molecule has 0 spiro atoms. The highest BCUT2D eigenvalue weighted by atomic mass is 16.5. The van der Waals surface area contributed by atoms with Crippen LogP contribution < -0.4 is 9.64 Å². The van der Waals surface area contributed by atoms with Gasteiger partial charge in [0.2, 0.25) is 11.8 Å². The molecule has 110 valence electrons. The van der Waals surface area contributed by atoms with Gasteiger partial charge in [-0.25, -0.2) is 9.78 Å². The van der Waals surface area contributed by atoms with Crippen molar-refractivity contribution >= 4 is 11.9 Å². The second kappa shape index (κ2) is 7.04. The van der Waals surface area contributed by atoms with Gasteiger partial charge in [0.25, 0.3) is 0 Å². The number of esters is 1. The lowest BCUT2D eigenvalue weighted by molar-refractivity contribution is -0.144. The molecule has 0 N–H and O–H groups in total. The Bertz CT molecular complexity index is 455. The Morgan fingerprint density at radius 2 is 2.45 bits per heavy atom. The zero-order chi connectivity index (χ0) is 14.4. The van der Waals surface area contributed by atoms with E-state index in [4.69, 9.17) is 14.2 Å². The number of aromatic nitrogens is 2. The first-order valence-electron chi connectivity index (χ1n) is 6.64. The normalized spacial score (nSPS) is 18.7. The number of rotatable bonds is 5. The van der Waals surface area contributed by atoms with E-state index in [2.05, 4.69) is 9.97 Å². The van der Waals surface area contributed by atoms with E-state index < -0.39 is 6.04 Å². The minimum Gasteiger partial charge on any atom is -0.478 e. The van der Waals surface area contributed by atoms with Crippen molar-refractivity contribution in [3.05, 3.63) is 12.3 Å². The Morgan fingerprint density at radius 1 is 1.60 bits per heavy atom. The van der Waals surface area contributed by atoms with Crippen LogP contribution in [0.5, 0.6) is 5.88 Å². The molecule has 1 unspecified atom stereocenters. The Hall–Kier alpha value is -1.89. The molecule has 1 fully saturated rings. The lowest BCUT2D eigenvalue weighted by atomic mass is 10.2. The van der Waals surface area contributed by atoms with Gasteiger partial charge in [0, 0.05) is 18.8 Å². The molecule has 1 saturated heterocycles. The fourth-order valence-corrected chi connectivity index (χ4v) is 1.93. The molecule has 0 amide bonds. The summed E-state index contributed by atoms with van der Waals surface area (Å²) in [5.41, 5.74) is 0. The number of carbonyl (C=O) groups is 1. The predicted octanol–water partition coefficient (Wildman–Crippen LogP) is 0.644. The number of hydrogen-bond acceptors (Lipinski definition) is 7. The number of morpholine rings is 1. The zero-order valence-corrected chi connectivity index (χ0v) is 11.7. The lowest BCUT2D eigenvalue weighted by Gasteiger charge is -2.33. The summed E-state index contributed by atoms with van der Waals surface area (Å²) in [6, 6.07) is 1.18. The number of carbonyl (C=O) groups excluding carboxylic acids is 1. The van der Waals surface area contributed by atoms with Gasteiger partial charge in [0.05, 0.1) is 26.9 Å². The van der Waals surface area contributed by atoms with E-state index in [0.717, 1.165) is 6.42 Å². The Morgan fingerprint density at radius 3 is 3.20 bits per heavy atom. The number of methoxy groups -OCH3 is 1. The highest BCUT2D eigenvalue weighted by Gasteiger charge is 2.32. The first kappa shape index (κ1) is 14.5. The SMILES string of the molecule is CCCOc1ccnc(N2CCOCC2C(=O)OC)n1. The summed E-state index contributed by atoms with van der Waals surface area (Å²) in [4.78, 5) is 22.1. The third-order valence-electron chi connectivity index (χ3n) is 2.93. The summed E-state index contributed by atoms with van der Waals surface area (Å²) in [5, 5.41) is 0. The van der Waals surface area contributed by atoms with Crippen LogP contribution >= 0.6 is 0 Å². The lowest BCUT2D eigenvalue weighted by Crippen LogP contribution is -2.51. The number of nitrogens with zero attached hydrogens (tertiary/aromatic N) is 3. The van der Waals surface area contributed by atoms with Crippen LogP contribution in [-0.2, 0) is 14.3 Å². The van der Waals surface area contributed by atoms with Gasteiger partial charge in [-0.05, 0) is 6.42 Å². The predicted molar refractivity (Wildman–Crippen MR) is 71.8 cm³/mol. The number of ether oxygens (including phenoxy) is 3. The summed E-state index contributed by atoms with van der Waals surface area (Å²) in [6.07, 6.45) is 2.53. The fraction of sp³-hybridized carbons (Fsp3) is 0.615. The second-order valence-electron chi connectivity index (χ2n) is 4.35. The van der Waals surface area contributed by atoms with Crippen molar-refractivity contribution in [1.29, 1.82) is 0 Å². The summed E-state index contributed by atoms with van der Waals surface area (Å²) in [7, 11) is 1.36. The van der Waals surface area contributed by atoms with E-state index in [1.165, 1.54) is 7.11 Å². The molecule has 1 atom stereocenters. The molecule has 0 radical (unpaired) electrons. The Labute approximate surface area is 117 Å². The molecule has 0 aliphatic carbocycles. The maximum absolute atomic E-state index is 11.8. The molecule has 0 bridgehead atoms. The molecule has 1 aliphatic rings. The molecular formula is C13H19N3O4.